The number of primary amides is 1. The lowest BCUT2D eigenvalue weighted by Crippen LogP contribution is -2.45. The van der Waals surface area contributed by atoms with E-state index >= 15 is 0 Å². The van der Waals surface area contributed by atoms with E-state index in [1.165, 1.54) is 7.05 Å². The molecular weight excluding hydrogens is 414 g/mol. The van der Waals surface area contributed by atoms with Gasteiger partial charge in [-0.3, -0.25) is 19.2 Å². The van der Waals surface area contributed by atoms with E-state index in [4.69, 9.17) is 10.8 Å². The van der Waals surface area contributed by atoms with Crippen molar-refractivity contribution in [1.29, 1.82) is 0 Å². The molecule has 0 aromatic heterocycles. The van der Waals surface area contributed by atoms with Crippen LogP contribution in [0.25, 0.3) is 0 Å². The van der Waals surface area contributed by atoms with Gasteiger partial charge in [0.05, 0.1) is 0 Å². The summed E-state index contributed by atoms with van der Waals surface area (Å²) in [6.45, 7) is 3.38. The van der Waals surface area contributed by atoms with Gasteiger partial charge in [0, 0.05) is 30.8 Å². The topological polar surface area (TPSA) is 163 Å². The smallest absolute Gasteiger partial charge is 0.320 e. The Morgan fingerprint density at radius 2 is 1.69 bits per heavy atom. The van der Waals surface area contributed by atoms with Crippen molar-refractivity contribution >= 4 is 29.4 Å². The fraction of sp³-hybridized carbons (Fsp3) is 0.545. The molecule has 2 unspecified atom stereocenters. The highest BCUT2D eigenvalue weighted by Crippen LogP contribution is 2.10. The molecule has 2 atom stereocenters. The molecule has 10 heteroatoms. The van der Waals surface area contributed by atoms with Crippen LogP contribution >= 0.6 is 0 Å². The summed E-state index contributed by atoms with van der Waals surface area (Å²) in [7, 11) is 1.50. The molecule has 32 heavy (non-hydrogen) atoms. The molecule has 3 amide bonds. The van der Waals surface area contributed by atoms with Crippen molar-refractivity contribution < 1.29 is 24.3 Å². The van der Waals surface area contributed by atoms with Crippen LogP contribution in [0, 0.1) is 0 Å². The number of benzene rings is 1. The van der Waals surface area contributed by atoms with Crippen LogP contribution in [0.1, 0.15) is 55.8 Å². The molecule has 0 heterocycles. The predicted octanol–water partition coefficient (Wildman–Crippen LogP) is 0.832. The summed E-state index contributed by atoms with van der Waals surface area (Å²) < 4.78 is 0. The number of amides is 3. The molecule has 0 saturated carbocycles. The molecule has 1 aromatic rings. The minimum Gasteiger partial charge on any atom is -0.480 e. The quantitative estimate of drug-likeness (QED) is 0.204. The molecule has 0 fully saturated rings. The number of likely N-dealkylation sites (N-methyl/N-ethyl adjacent to an activating group) is 1. The lowest BCUT2D eigenvalue weighted by molar-refractivity contribution is -0.139. The Morgan fingerprint density at radius 3 is 2.25 bits per heavy atom. The zero-order chi connectivity index (χ0) is 23.9. The van der Waals surface area contributed by atoms with Gasteiger partial charge in [0.2, 0.25) is 11.8 Å². The summed E-state index contributed by atoms with van der Waals surface area (Å²) in [5, 5.41) is 20.2. The number of carbonyl (C=O) groups is 4. The average molecular weight is 450 g/mol. The zero-order valence-electron chi connectivity index (χ0n) is 18.8. The van der Waals surface area contributed by atoms with Crippen molar-refractivity contribution in [2.24, 2.45) is 5.73 Å². The maximum Gasteiger partial charge on any atom is 0.320 e. The van der Waals surface area contributed by atoms with Crippen molar-refractivity contribution in [2.45, 2.75) is 57.5 Å². The van der Waals surface area contributed by atoms with Gasteiger partial charge in [-0.1, -0.05) is 6.92 Å². The molecule has 178 valence electrons. The van der Waals surface area contributed by atoms with Crippen LogP contribution in [0.2, 0.25) is 0 Å². The summed E-state index contributed by atoms with van der Waals surface area (Å²) >= 11 is 0. The van der Waals surface area contributed by atoms with Crippen molar-refractivity contribution in [2.75, 3.05) is 25.5 Å². The maximum absolute atomic E-state index is 12.2. The van der Waals surface area contributed by atoms with Gasteiger partial charge in [0.1, 0.15) is 12.1 Å². The third-order valence-electron chi connectivity index (χ3n) is 4.92. The standard InChI is InChI=1S/C22H35N5O5/c1-3-13-25-16-9-7-15(8-10-16)21(30)26-14-5-4-6-17(20(23)29)27-19(28)12-11-18(24-2)22(31)32/h7-10,17-18,24-25H,3-6,11-14H2,1-2H3,(H2,23,29)(H,26,30)(H,27,28)(H,31,32). The molecule has 0 radical (unpaired) electrons. The Bertz CT molecular complexity index is 754. The van der Waals surface area contributed by atoms with Gasteiger partial charge in [-0.2, -0.15) is 0 Å². The Kier molecular flexibility index (Phi) is 12.4. The van der Waals surface area contributed by atoms with E-state index in [1.54, 1.807) is 12.1 Å². The van der Waals surface area contributed by atoms with Crippen LogP contribution in [0.4, 0.5) is 5.69 Å². The van der Waals surface area contributed by atoms with E-state index in [0.717, 1.165) is 18.7 Å². The SMILES string of the molecule is CCCNc1ccc(C(=O)NCCCCC(NC(=O)CCC(NC)C(=O)O)C(N)=O)cc1. The highest BCUT2D eigenvalue weighted by Gasteiger charge is 2.20. The van der Waals surface area contributed by atoms with Gasteiger partial charge < -0.3 is 32.1 Å². The van der Waals surface area contributed by atoms with Crippen LogP contribution in [0.15, 0.2) is 24.3 Å². The highest BCUT2D eigenvalue weighted by atomic mass is 16.4. The van der Waals surface area contributed by atoms with E-state index in [0.29, 0.717) is 31.4 Å². The number of carbonyl (C=O) groups excluding carboxylic acids is 3. The molecule has 0 saturated heterocycles. The van der Waals surface area contributed by atoms with Gasteiger partial charge in [0.25, 0.3) is 5.91 Å². The molecule has 0 aliphatic carbocycles. The van der Waals surface area contributed by atoms with Crippen LogP contribution in [-0.2, 0) is 14.4 Å². The first-order valence-electron chi connectivity index (χ1n) is 10.9. The minimum atomic E-state index is -1.04. The van der Waals surface area contributed by atoms with Crippen molar-refractivity contribution in [3.05, 3.63) is 29.8 Å². The second-order valence-corrected chi connectivity index (χ2v) is 7.50. The summed E-state index contributed by atoms with van der Waals surface area (Å²) in [4.78, 5) is 46.8. The van der Waals surface area contributed by atoms with Gasteiger partial charge >= 0.3 is 5.97 Å². The third kappa shape index (κ3) is 10.3. The fourth-order valence-electron chi connectivity index (χ4n) is 3.01. The van der Waals surface area contributed by atoms with Crippen LogP contribution in [-0.4, -0.2) is 61.0 Å². The van der Waals surface area contributed by atoms with Gasteiger partial charge in [0.15, 0.2) is 0 Å². The molecular formula is C22H35N5O5. The van der Waals surface area contributed by atoms with Crippen molar-refractivity contribution in [3.63, 3.8) is 0 Å². The molecule has 0 aliphatic heterocycles. The molecule has 1 rings (SSSR count). The number of anilines is 1. The first-order chi connectivity index (χ1) is 15.3. The van der Waals surface area contributed by atoms with Crippen LogP contribution in [0.5, 0.6) is 0 Å². The summed E-state index contributed by atoms with van der Waals surface area (Å²) in [5.41, 5.74) is 6.89. The molecule has 0 spiro atoms. The van der Waals surface area contributed by atoms with Crippen molar-refractivity contribution in [3.8, 4) is 0 Å². The maximum atomic E-state index is 12.2. The van der Waals surface area contributed by atoms with Gasteiger partial charge in [-0.05, 0) is 63.4 Å². The van der Waals surface area contributed by atoms with Crippen LogP contribution in [0.3, 0.4) is 0 Å². The van der Waals surface area contributed by atoms with Gasteiger partial charge in [-0.15, -0.1) is 0 Å². The number of nitrogens with two attached hydrogens (primary N) is 1. The second kappa shape index (κ2) is 14.8. The highest BCUT2D eigenvalue weighted by molar-refractivity contribution is 5.94. The number of aliphatic carboxylic acids is 1. The molecule has 10 nitrogen and oxygen atoms in total. The summed E-state index contributed by atoms with van der Waals surface area (Å²) in [6, 6.07) is 5.57. The van der Waals surface area contributed by atoms with E-state index in [9.17, 15) is 19.2 Å². The Balaban J connectivity index is 2.33. The number of carboxylic acids is 1. The lowest BCUT2D eigenvalue weighted by atomic mass is 10.1. The van der Waals surface area contributed by atoms with E-state index in [1.807, 2.05) is 12.1 Å². The Morgan fingerprint density at radius 1 is 1.00 bits per heavy atom. The van der Waals surface area contributed by atoms with Gasteiger partial charge in [-0.25, -0.2) is 0 Å². The largest absolute Gasteiger partial charge is 0.480 e. The lowest BCUT2D eigenvalue weighted by Gasteiger charge is -2.16. The second-order valence-electron chi connectivity index (χ2n) is 7.50. The predicted molar refractivity (Wildman–Crippen MR) is 122 cm³/mol. The average Bonchev–Trinajstić information content (AvgIpc) is 2.76. The van der Waals surface area contributed by atoms with Crippen LogP contribution < -0.4 is 27.0 Å². The van der Waals surface area contributed by atoms with E-state index < -0.39 is 29.9 Å². The summed E-state index contributed by atoms with van der Waals surface area (Å²) in [5.74, 6) is -2.30. The Hall–Kier alpha value is -3.14. The van der Waals surface area contributed by atoms with E-state index in [2.05, 4.69) is 28.2 Å². The number of rotatable bonds is 16. The monoisotopic (exact) mass is 449 g/mol. The number of nitrogens with one attached hydrogen (secondary N) is 4. The molecule has 1 aromatic carbocycles. The number of hydrogen-bond donors (Lipinski definition) is 6. The third-order valence-corrected chi connectivity index (χ3v) is 4.92. The van der Waals surface area contributed by atoms with E-state index in [-0.39, 0.29) is 18.7 Å². The molecule has 7 N–H and O–H groups in total. The molecule has 0 aliphatic rings. The number of hydrogen-bond acceptors (Lipinski definition) is 6. The van der Waals surface area contributed by atoms with Crippen molar-refractivity contribution in [1.82, 2.24) is 16.0 Å². The normalized spacial score (nSPS) is 12.4. The fourth-order valence-corrected chi connectivity index (χ4v) is 3.01. The zero-order valence-corrected chi connectivity index (χ0v) is 18.8. The summed E-state index contributed by atoms with van der Waals surface area (Å²) in [6.07, 6.45) is 2.60. The number of unbranched alkanes of at least 4 members (excludes halogenated alkanes) is 1. The number of carboxylic acid groups (broad SMARTS) is 1. The first kappa shape index (κ1) is 26.9. The first-order valence-corrected chi connectivity index (χ1v) is 10.9. The Labute approximate surface area is 188 Å². The molecule has 0 bridgehead atoms. The minimum absolute atomic E-state index is 0.0373.